The number of anilines is 1. The van der Waals surface area contributed by atoms with E-state index >= 15 is 0 Å². The number of pyridine rings is 1. The molecule has 0 atom stereocenters. The normalized spacial score (nSPS) is 11.2. The number of carbonyl (C=O) groups is 1. The van der Waals surface area contributed by atoms with Crippen LogP contribution in [-0.4, -0.2) is 30.9 Å². The van der Waals surface area contributed by atoms with Crippen LogP contribution in [0.3, 0.4) is 0 Å². The van der Waals surface area contributed by atoms with E-state index in [9.17, 15) is 4.79 Å². The van der Waals surface area contributed by atoms with Gasteiger partial charge in [0.05, 0.1) is 16.9 Å². The lowest BCUT2D eigenvalue weighted by molar-refractivity contribution is 0.102. The molecule has 3 heterocycles. The van der Waals surface area contributed by atoms with Crippen LogP contribution in [0.4, 0.5) is 5.69 Å². The van der Waals surface area contributed by atoms with Gasteiger partial charge in [-0.3, -0.25) is 19.6 Å². The highest BCUT2D eigenvalue weighted by atomic mass is 16.5. The predicted molar refractivity (Wildman–Crippen MR) is 132 cm³/mol. The quantitative estimate of drug-likeness (QED) is 0.370. The highest BCUT2D eigenvalue weighted by molar-refractivity contribution is 6.03. The second-order valence-electron chi connectivity index (χ2n) is 7.78. The van der Waals surface area contributed by atoms with E-state index in [2.05, 4.69) is 25.6 Å². The number of aromatic nitrogens is 5. The second kappa shape index (κ2) is 9.03. The Morgan fingerprint density at radius 1 is 1.03 bits per heavy atom. The summed E-state index contributed by atoms with van der Waals surface area (Å²) in [7, 11) is 1.80. The maximum Gasteiger partial charge on any atom is 0.276 e. The molecule has 0 unspecified atom stereocenters. The van der Waals surface area contributed by atoms with Crippen molar-refractivity contribution in [3.63, 3.8) is 0 Å². The minimum Gasteiger partial charge on any atom is -0.457 e. The average Bonchev–Trinajstić information content (AvgIpc) is 3.41. The summed E-state index contributed by atoms with van der Waals surface area (Å²) in [5.74, 6) is 0.982. The van der Waals surface area contributed by atoms with Crippen LogP contribution in [0, 0.1) is 6.92 Å². The zero-order chi connectivity index (χ0) is 23.5. The molecule has 0 spiro atoms. The average molecular weight is 451 g/mol. The highest BCUT2D eigenvalue weighted by Crippen LogP contribution is 2.28. The standard InChI is InChI=1S/C26H22N6O2/c1-17-14-25(31-32(17)2)26(33)28-19-7-5-8-20(15-19)34-21-10-11-22-23(29-30-24(22)16-21)12-9-18-6-3-4-13-27-18/h3-16H,1-2H3,(H,28,33)(H,29,30). The molecule has 0 fully saturated rings. The Morgan fingerprint density at radius 3 is 2.71 bits per heavy atom. The molecule has 5 rings (SSSR count). The molecule has 3 aromatic heterocycles. The lowest BCUT2D eigenvalue weighted by atomic mass is 10.2. The number of nitrogens with one attached hydrogen (secondary N) is 2. The Balaban J connectivity index is 1.30. The topological polar surface area (TPSA) is 97.7 Å². The van der Waals surface area contributed by atoms with Gasteiger partial charge < -0.3 is 10.1 Å². The number of H-pyrrole nitrogens is 1. The monoisotopic (exact) mass is 450 g/mol. The van der Waals surface area contributed by atoms with Crippen LogP contribution in [0.1, 0.15) is 27.6 Å². The first kappa shape index (κ1) is 21.1. The minimum absolute atomic E-state index is 0.272. The van der Waals surface area contributed by atoms with Crippen LogP contribution in [0.25, 0.3) is 23.1 Å². The van der Waals surface area contributed by atoms with Crippen molar-refractivity contribution < 1.29 is 9.53 Å². The molecule has 1 amide bonds. The summed E-state index contributed by atoms with van der Waals surface area (Å²) in [6.45, 7) is 1.90. The lowest BCUT2D eigenvalue weighted by Crippen LogP contribution is -2.13. The number of hydrogen-bond donors (Lipinski definition) is 2. The third-order valence-electron chi connectivity index (χ3n) is 5.34. The number of fused-ring (bicyclic) bond motifs is 1. The van der Waals surface area contributed by atoms with Crippen LogP contribution in [0.15, 0.2) is 72.9 Å². The molecule has 0 saturated carbocycles. The van der Waals surface area contributed by atoms with E-state index < -0.39 is 0 Å². The fourth-order valence-electron chi connectivity index (χ4n) is 3.49. The molecule has 34 heavy (non-hydrogen) atoms. The summed E-state index contributed by atoms with van der Waals surface area (Å²) >= 11 is 0. The smallest absolute Gasteiger partial charge is 0.276 e. The fourth-order valence-corrected chi connectivity index (χ4v) is 3.49. The maximum absolute atomic E-state index is 12.5. The number of nitrogens with zero attached hydrogens (tertiary/aromatic N) is 4. The number of ether oxygens (including phenoxy) is 1. The number of amides is 1. The van der Waals surface area contributed by atoms with E-state index in [0.717, 1.165) is 28.0 Å². The van der Waals surface area contributed by atoms with Crippen LogP contribution in [0.2, 0.25) is 0 Å². The van der Waals surface area contributed by atoms with E-state index in [1.54, 1.807) is 36.1 Å². The Bertz CT molecular complexity index is 1480. The first-order chi connectivity index (χ1) is 16.5. The van der Waals surface area contributed by atoms with Crippen molar-refractivity contribution in [2.45, 2.75) is 6.92 Å². The summed E-state index contributed by atoms with van der Waals surface area (Å²) in [6.07, 6.45) is 5.61. The van der Waals surface area contributed by atoms with Crippen LogP contribution >= 0.6 is 0 Å². The molecule has 0 aliphatic heterocycles. The lowest BCUT2D eigenvalue weighted by Gasteiger charge is -2.08. The van der Waals surface area contributed by atoms with Gasteiger partial charge in [-0.05, 0) is 61.5 Å². The molecule has 5 aromatic rings. The number of aryl methyl sites for hydroxylation is 2. The molecule has 0 radical (unpaired) electrons. The van der Waals surface area contributed by atoms with E-state index in [1.165, 1.54) is 0 Å². The zero-order valence-corrected chi connectivity index (χ0v) is 18.7. The number of aromatic amines is 1. The Morgan fingerprint density at radius 2 is 1.91 bits per heavy atom. The van der Waals surface area contributed by atoms with Gasteiger partial charge in [-0.2, -0.15) is 10.2 Å². The summed E-state index contributed by atoms with van der Waals surface area (Å²) in [5, 5.41) is 15.5. The van der Waals surface area contributed by atoms with Crippen molar-refractivity contribution in [3.05, 3.63) is 95.7 Å². The molecular formula is C26H22N6O2. The number of hydrogen-bond acceptors (Lipinski definition) is 5. The molecular weight excluding hydrogens is 428 g/mol. The summed E-state index contributed by atoms with van der Waals surface area (Å²) in [4.78, 5) is 16.8. The van der Waals surface area contributed by atoms with Gasteiger partial charge in [-0.1, -0.05) is 12.1 Å². The molecule has 8 nitrogen and oxygen atoms in total. The molecule has 168 valence electrons. The van der Waals surface area contributed by atoms with Gasteiger partial charge in [0.2, 0.25) is 0 Å². The second-order valence-corrected chi connectivity index (χ2v) is 7.78. The molecule has 0 aliphatic rings. The Labute approximate surface area is 195 Å². The van der Waals surface area contributed by atoms with Crippen LogP contribution in [-0.2, 0) is 7.05 Å². The Hall–Kier alpha value is -4.72. The number of benzene rings is 2. The van der Waals surface area contributed by atoms with Crippen molar-refractivity contribution in [1.82, 2.24) is 25.0 Å². The van der Waals surface area contributed by atoms with Gasteiger partial charge in [0.15, 0.2) is 5.69 Å². The molecule has 2 aromatic carbocycles. The summed E-state index contributed by atoms with van der Waals surface area (Å²) in [6, 6.07) is 20.5. The first-order valence-corrected chi connectivity index (χ1v) is 10.7. The zero-order valence-electron chi connectivity index (χ0n) is 18.7. The van der Waals surface area contributed by atoms with Crippen LogP contribution < -0.4 is 10.1 Å². The first-order valence-electron chi connectivity index (χ1n) is 10.7. The van der Waals surface area contributed by atoms with Crippen molar-refractivity contribution in [3.8, 4) is 11.5 Å². The van der Waals surface area contributed by atoms with Gasteiger partial charge in [0, 0.05) is 42.1 Å². The maximum atomic E-state index is 12.5. The van der Waals surface area contributed by atoms with Crippen LogP contribution in [0.5, 0.6) is 11.5 Å². The SMILES string of the molecule is Cc1cc(C(=O)Nc2cccc(Oc3ccc4c(C=Cc5ccccn5)n[nH]c4c3)c2)nn1C. The summed E-state index contributed by atoms with van der Waals surface area (Å²) in [5.41, 5.74) is 4.43. The minimum atomic E-state index is -0.272. The van der Waals surface area contributed by atoms with E-state index in [-0.39, 0.29) is 5.91 Å². The Kier molecular flexibility index (Phi) is 5.61. The van der Waals surface area contributed by atoms with E-state index in [1.807, 2.05) is 67.6 Å². The molecule has 8 heteroatoms. The fraction of sp³-hybridized carbons (Fsp3) is 0.0769. The van der Waals surface area contributed by atoms with Gasteiger partial charge in [-0.25, -0.2) is 0 Å². The van der Waals surface area contributed by atoms with Crippen molar-refractivity contribution in [2.24, 2.45) is 7.05 Å². The highest BCUT2D eigenvalue weighted by Gasteiger charge is 2.12. The molecule has 2 N–H and O–H groups in total. The number of rotatable bonds is 6. The van der Waals surface area contributed by atoms with Crippen molar-refractivity contribution in [1.29, 1.82) is 0 Å². The molecule has 0 saturated heterocycles. The molecule has 0 bridgehead atoms. The van der Waals surface area contributed by atoms with Gasteiger partial charge in [-0.15, -0.1) is 0 Å². The predicted octanol–water partition coefficient (Wildman–Crippen LogP) is 5.21. The van der Waals surface area contributed by atoms with E-state index in [0.29, 0.717) is 22.9 Å². The van der Waals surface area contributed by atoms with Gasteiger partial charge in [0.25, 0.3) is 5.91 Å². The molecule has 0 aliphatic carbocycles. The van der Waals surface area contributed by atoms with E-state index in [4.69, 9.17) is 4.74 Å². The van der Waals surface area contributed by atoms with Crippen molar-refractivity contribution >= 4 is 34.6 Å². The number of carbonyl (C=O) groups excluding carboxylic acids is 1. The van der Waals surface area contributed by atoms with Gasteiger partial charge in [0.1, 0.15) is 11.5 Å². The van der Waals surface area contributed by atoms with Crippen molar-refractivity contribution in [2.75, 3.05) is 5.32 Å². The van der Waals surface area contributed by atoms with Gasteiger partial charge >= 0.3 is 0 Å². The largest absolute Gasteiger partial charge is 0.457 e. The summed E-state index contributed by atoms with van der Waals surface area (Å²) < 4.78 is 7.70. The third kappa shape index (κ3) is 4.56. The third-order valence-corrected chi connectivity index (χ3v) is 5.34.